The summed E-state index contributed by atoms with van der Waals surface area (Å²) >= 11 is 1.35. The molecule has 0 saturated heterocycles. The Morgan fingerprint density at radius 2 is 2.11 bits per heavy atom. The molecule has 2 heterocycles. The largest absolute Gasteiger partial charge is 0.416 e. The lowest BCUT2D eigenvalue weighted by molar-refractivity contribution is -0.138. The highest BCUT2D eigenvalue weighted by Crippen LogP contribution is 2.35. The van der Waals surface area contributed by atoms with Crippen molar-refractivity contribution in [2.24, 2.45) is 5.73 Å². The average Bonchev–Trinajstić information content (AvgIpc) is 2.74. The van der Waals surface area contributed by atoms with Gasteiger partial charge >= 0.3 is 6.18 Å². The van der Waals surface area contributed by atoms with E-state index in [9.17, 15) is 13.2 Å². The number of hydrogen-bond donors (Lipinski definition) is 1. The molecule has 0 aliphatic carbocycles. The Hall–Kier alpha value is -1.47. The number of nitrogens with two attached hydrogens (primary N) is 1. The van der Waals surface area contributed by atoms with Gasteiger partial charge in [0.2, 0.25) is 0 Å². The van der Waals surface area contributed by atoms with Crippen LogP contribution in [0.3, 0.4) is 0 Å². The predicted octanol–water partition coefficient (Wildman–Crippen LogP) is 2.91. The van der Waals surface area contributed by atoms with E-state index in [4.69, 9.17) is 5.73 Å². The van der Waals surface area contributed by atoms with Crippen LogP contribution >= 0.6 is 11.3 Å². The fourth-order valence-corrected chi connectivity index (χ4v) is 2.24. The van der Waals surface area contributed by atoms with Crippen molar-refractivity contribution < 1.29 is 13.2 Å². The summed E-state index contributed by atoms with van der Waals surface area (Å²) in [5.41, 5.74) is 5.43. The third-order valence-electron chi connectivity index (χ3n) is 2.45. The Kier molecular flexibility index (Phi) is 3.36. The molecule has 2 N–H and O–H groups in total. The van der Waals surface area contributed by atoms with Crippen molar-refractivity contribution in [2.45, 2.75) is 19.1 Å². The Bertz CT molecular complexity index is 550. The van der Waals surface area contributed by atoms with Gasteiger partial charge in [0.15, 0.2) is 0 Å². The van der Waals surface area contributed by atoms with Crippen LogP contribution in [0, 0.1) is 6.92 Å². The summed E-state index contributed by atoms with van der Waals surface area (Å²) < 4.78 is 38.5. The third-order valence-corrected chi connectivity index (χ3v) is 3.24. The zero-order valence-corrected chi connectivity index (χ0v) is 10.2. The molecule has 0 radical (unpaired) electrons. The number of pyridine rings is 1. The minimum atomic E-state index is -4.44. The van der Waals surface area contributed by atoms with Gasteiger partial charge in [-0.15, -0.1) is 11.3 Å². The molecule has 0 aromatic carbocycles. The van der Waals surface area contributed by atoms with Gasteiger partial charge in [-0.1, -0.05) is 0 Å². The number of thiazole rings is 1. The zero-order chi connectivity index (χ0) is 13.3. The first-order valence-electron chi connectivity index (χ1n) is 5.08. The summed E-state index contributed by atoms with van der Waals surface area (Å²) in [5.74, 6) is 0. The van der Waals surface area contributed by atoms with E-state index in [1.807, 2.05) is 0 Å². The molecule has 0 aliphatic heterocycles. The van der Waals surface area contributed by atoms with Crippen LogP contribution in [-0.4, -0.2) is 9.97 Å². The lowest BCUT2D eigenvalue weighted by Crippen LogP contribution is -2.19. The summed E-state index contributed by atoms with van der Waals surface area (Å²) in [6, 6.07) is 0.00861. The molecule has 1 unspecified atom stereocenters. The van der Waals surface area contributed by atoms with Crippen molar-refractivity contribution in [3.05, 3.63) is 45.7 Å². The maximum absolute atomic E-state index is 12.8. The minimum absolute atomic E-state index is 0.0599. The van der Waals surface area contributed by atoms with Crippen molar-refractivity contribution in [2.75, 3.05) is 0 Å². The Balaban J connectivity index is 2.45. The van der Waals surface area contributed by atoms with Crippen LogP contribution in [-0.2, 0) is 6.18 Å². The second-order valence-electron chi connectivity index (χ2n) is 3.73. The number of halogens is 3. The van der Waals surface area contributed by atoms with Crippen molar-refractivity contribution in [1.82, 2.24) is 9.97 Å². The minimum Gasteiger partial charge on any atom is -0.319 e. The monoisotopic (exact) mass is 273 g/mol. The van der Waals surface area contributed by atoms with Crippen molar-refractivity contribution in [3.8, 4) is 0 Å². The van der Waals surface area contributed by atoms with E-state index < -0.39 is 17.8 Å². The molecular weight excluding hydrogens is 263 g/mol. The smallest absolute Gasteiger partial charge is 0.319 e. The van der Waals surface area contributed by atoms with Gasteiger partial charge in [-0.2, -0.15) is 13.2 Å². The second-order valence-corrected chi connectivity index (χ2v) is 4.79. The van der Waals surface area contributed by atoms with E-state index >= 15 is 0 Å². The second kappa shape index (κ2) is 4.66. The molecule has 2 rings (SSSR count). The van der Waals surface area contributed by atoms with Gasteiger partial charge in [0.05, 0.1) is 22.3 Å². The standard InChI is InChI=1S/C11H10F3N3S/c1-6-17-9(5-18-6)10(15)7-4-16-3-2-8(7)11(12,13)14/h2-5,10H,15H2,1H3. The molecule has 0 spiro atoms. The molecule has 96 valence electrons. The molecule has 1 atom stereocenters. The van der Waals surface area contributed by atoms with E-state index in [2.05, 4.69) is 9.97 Å². The van der Waals surface area contributed by atoms with Crippen LogP contribution in [0.2, 0.25) is 0 Å². The van der Waals surface area contributed by atoms with Crippen molar-refractivity contribution in [3.63, 3.8) is 0 Å². The SMILES string of the molecule is Cc1nc(C(N)c2cnccc2C(F)(F)F)cs1. The molecule has 0 amide bonds. The molecule has 0 fully saturated rings. The molecule has 7 heteroatoms. The van der Waals surface area contributed by atoms with E-state index in [0.29, 0.717) is 5.69 Å². The Morgan fingerprint density at radius 1 is 1.39 bits per heavy atom. The quantitative estimate of drug-likeness (QED) is 0.915. The molecule has 18 heavy (non-hydrogen) atoms. The zero-order valence-electron chi connectivity index (χ0n) is 9.40. The third kappa shape index (κ3) is 2.51. The molecule has 3 nitrogen and oxygen atoms in total. The first-order chi connectivity index (χ1) is 8.39. The van der Waals surface area contributed by atoms with Crippen molar-refractivity contribution >= 4 is 11.3 Å². The van der Waals surface area contributed by atoms with Gasteiger partial charge in [0.1, 0.15) is 0 Å². The molecule has 2 aromatic heterocycles. The number of rotatable bonds is 2. The van der Waals surface area contributed by atoms with E-state index in [1.165, 1.54) is 11.3 Å². The van der Waals surface area contributed by atoms with Crippen LogP contribution in [0.15, 0.2) is 23.8 Å². The maximum atomic E-state index is 12.8. The van der Waals surface area contributed by atoms with Gasteiger partial charge in [0, 0.05) is 23.3 Å². The molecule has 0 aliphatic rings. The Labute approximate surface area is 105 Å². The molecular formula is C11H10F3N3S. The number of aromatic nitrogens is 2. The highest BCUT2D eigenvalue weighted by atomic mass is 32.1. The van der Waals surface area contributed by atoms with Crippen LogP contribution in [0.5, 0.6) is 0 Å². The van der Waals surface area contributed by atoms with E-state index in [-0.39, 0.29) is 5.56 Å². The number of nitrogens with zero attached hydrogens (tertiary/aromatic N) is 2. The number of alkyl halides is 3. The van der Waals surface area contributed by atoms with Gasteiger partial charge < -0.3 is 5.73 Å². The fourth-order valence-electron chi connectivity index (χ4n) is 1.59. The first-order valence-corrected chi connectivity index (χ1v) is 5.96. The topological polar surface area (TPSA) is 51.8 Å². The van der Waals surface area contributed by atoms with Crippen LogP contribution in [0.25, 0.3) is 0 Å². The first kappa shape index (κ1) is 13.0. The molecule has 0 bridgehead atoms. The van der Waals surface area contributed by atoms with Crippen molar-refractivity contribution in [1.29, 1.82) is 0 Å². The summed E-state index contributed by atoms with van der Waals surface area (Å²) in [7, 11) is 0. The highest BCUT2D eigenvalue weighted by molar-refractivity contribution is 7.09. The summed E-state index contributed by atoms with van der Waals surface area (Å²) in [6.45, 7) is 1.77. The average molecular weight is 273 g/mol. The van der Waals surface area contributed by atoms with Crippen LogP contribution in [0.1, 0.15) is 27.9 Å². The van der Waals surface area contributed by atoms with Gasteiger partial charge in [-0.25, -0.2) is 4.98 Å². The van der Waals surface area contributed by atoms with E-state index in [1.54, 1.807) is 12.3 Å². The lowest BCUT2D eigenvalue weighted by Gasteiger charge is -2.16. The van der Waals surface area contributed by atoms with Crippen LogP contribution < -0.4 is 5.73 Å². The fraction of sp³-hybridized carbons (Fsp3) is 0.273. The summed E-state index contributed by atoms with van der Waals surface area (Å²) in [5, 5.41) is 2.42. The van der Waals surface area contributed by atoms with Gasteiger partial charge in [-0.3, -0.25) is 4.98 Å². The lowest BCUT2D eigenvalue weighted by atomic mass is 10.0. The normalized spacial score (nSPS) is 13.6. The summed E-state index contributed by atoms with van der Waals surface area (Å²) in [4.78, 5) is 7.82. The van der Waals surface area contributed by atoms with E-state index in [0.717, 1.165) is 23.5 Å². The summed E-state index contributed by atoms with van der Waals surface area (Å²) in [6.07, 6.45) is -2.20. The molecule has 2 aromatic rings. The molecule has 0 saturated carbocycles. The predicted molar refractivity (Wildman–Crippen MR) is 62.1 cm³/mol. The number of aryl methyl sites for hydroxylation is 1. The maximum Gasteiger partial charge on any atom is 0.416 e. The number of hydrogen-bond acceptors (Lipinski definition) is 4. The highest BCUT2D eigenvalue weighted by Gasteiger charge is 2.35. The Morgan fingerprint density at radius 3 is 2.67 bits per heavy atom. The van der Waals surface area contributed by atoms with Gasteiger partial charge in [-0.05, 0) is 13.0 Å². The van der Waals surface area contributed by atoms with Gasteiger partial charge in [0.25, 0.3) is 0 Å². The van der Waals surface area contributed by atoms with Crippen LogP contribution in [0.4, 0.5) is 13.2 Å².